The molecule has 2 rings (SSSR count). The fraction of sp³-hybridized carbons (Fsp3) is 0.667. The molecule has 1 unspecified atom stereocenters. The third kappa shape index (κ3) is 3.70. The SMILES string of the molecule is CCOc1cncc(C(O)CCC2CCCC2)c1. The van der Waals surface area contributed by atoms with Gasteiger partial charge < -0.3 is 9.84 Å². The van der Waals surface area contributed by atoms with Gasteiger partial charge in [0, 0.05) is 11.8 Å². The van der Waals surface area contributed by atoms with E-state index in [1.807, 2.05) is 13.0 Å². The highest BCUT2D eigenvalue weighted by atomic mass is 16.5. The number of aliphatic hydroxyl groups is 1. The maximum Gasteiger partial charge on any atom is 0.137 e. The van der Waals surface area contributed by atoms with E-state index in [1.165, 1.54) is 25.7 Å². The van der Waals surface area contributed by atoms with Crippen molar-refractivity contribution in [2.24, 2.45) is 5.92 Å². The smallest absolute Gasteiger partial charge is 0.137 e. The second kappa shape index (κ2) is 6.74. The third-order valence-corrected chi connectivity index (χ3v) is 3.75. The summed E-state index contributed by atoms with van der Waals surface area (Å²) in [6, 6.07) is 1.90. The second-order valence-corrected chi connectivity index (χ2v) is 5.13. The molecule has 0 bridgehead atoms. The van der Waals surface area contributed by atoms with Crippen LogP contribution in [-0.2, 0) is 0 Å². The molecule has 1 aliphatic rings. The van der Waals surface area contributed by atoms with E-state index in [9.17, 15) is 5.11 Å². The van der Waals surface area contributed by atoms with Gasteiger partial charge in [0.05, 0.1) is 18.9 Å². The van der Waals surface area contributed by atoms with Crippen LogP contribution in [0.4, 0.5) is 0 Å². The van der Waals surface area contributed by atoms with Gasteiger partial charge in [0.2, 0.25) is 0 Å². The molecule has 3 heteroatoms. The average molecular weight is 249 g/mol. The van der Waals surface area contributed by atoms with E-state index < -0.39 is 6.10 Å². The van der Waals surface area contributed by atoms with Crippen molar-refractivity contribution < 1.29 is 9.84 Å². The molecule has 1 aromatic heterocycles. The van der Waals surface area contributed by atoms with Crippen LogP contribution in [0, 0.1) is 5.92 Å². The van der Waals surface area contributed by atoms with Crippen LogP contribution in [0.2, 0.25) is 0 Å². The highest BCUT2D eigenvalue weighted by molar-refractivity contribution is 5.25. The fourth-order valence-corrected chi connectivity index (χ4v) is 2.72. The Balaban J connectivity index is 1.86. The molecule has 0 radical (unpaired) electrons. The standard InChI is InChI=1S/C15H23NO2/c1-2-18-14-9-13(10-16-11-14)15(17)8-7-12-5-3-4-6-12/h9-12,15,17H,2-8H2,1H3. The number of hydrogen-bond acceptors (Lipinski definition) is 3. The number of aliphatic hydroxyl groups excluding tert-OH is 1. The number of hydrogen-bond donors (Lipinski definition) is 1. The summed E-state index contributed by atoms with van der Waals surface area (Å²) in [5.74, 6) is 1.57. The number of aromatic nitrogens is 1. The van der Waals surface area contributed by atoms with Gasteiger partial charge in [-0.15, -0.1) is 0 Å². The Morgan fingerprint density at radius 3 is 2.89 bits per heavy atom. The predicted octanol–water partition coefficient (Wildman–Crippen LogP) is 3.48. The zero-order valence-electron chi connectivity index (χ0n) is 11.1. The molecule has 3 nitrogen and oxygen atoms in total. The average Bonchev–Trinajstić information content (AvgIpc) is 2.90. The summed E-state index contributed by atoms with van der Waals surface area (Å²) in [5.41, 5.74) is 0.874. The summed E-state index contributed by atoms with van der Waals surface area (Å²) < 4.78 is 5.40. The normalized spacial score (nSPS) is 17.9. The summed E-state index contributed by atoms with van der Waals surface area (Å²) >= 11 is 0. The fourth-order valence-electron chi connectivity index (χ4n) is 2.72. The van der Waals surface area contributed by atoms with Gasteiger partial charge in [-0.3, -0.25) is 4.98 Å². The molecule has 18 heavy (non-hydrogen) atoms. The van der Waals surface area contributed by atoms with E-state index >= 15 is 0 Å². The minimum atomic E-state index is -0.404. The quantitative estimate of drug-likeness (QED) is 0.839. The molecule has 1 fully saturated rings. The summed E-state index contributed by atoms with van der Waals surface area (Å²) in [6.07, 6.45) is 10.4. The molecule has 1 aromatic rings. The van der Waals surface area contributed by atoms with Crippen LogP contribution < -0.4 is 4.74 Å². The summed E-state index contributed by atoms with van der Waals surface area (Å²) in [7, 11) is 0. The largest absolute Gasteiger partial charge is 0.492 e. The lowest BCUT2D eigenvalue weighted by molar-refractivity contribution is 0.156. The van der Waals surface area contributed by atoms with Crippen molar-refractivity contribution in [2.75, 3.05) is 6.61 Å². The maximum absolute atomic E-state index is 10.2. The molecule has 0 spiro atoms. The van der Waals surface area contributed by atoms with Crippen molar-refractivity contribution in [1.82, 2.24) is 4.98 Å². The third-order valence-electron chi connectivity index (χ3n) is 3.75. The van der Waals surface area contributed by atoms with Gasteiger partial charge in [-0.05, 0) is 31.7 Å². The van der Waals surface area contributed by atoms with Crippen LogP contribution in [0.5, 0.6) is 5.75 Å². The Hall–Kier alpha value is -1.09. The van der Waals surface area contributed by atoms with Gasteiger partial charge in [-0.1, -0.05) is 25.7 Å². The lowest BCUT2D eigenvalue weighted by atomic mass is 9.97. The number of ether oxygens (including phenoxy) is 1. The highest BCUT2D eigenvalue weighted by Crippen LogP contribution is 2.31. The van der Waals surface area contributed by atoms with Crippen LogP contribution in [0.25, 0.3) is 0 Å². The van der Waals surface area contributed by atoms with Gasteiger partial charge in [-0.2, -0.15) is 0 Å². The molecule has 1 N–H and O–H groups in total. The van der Waals surface area contributed by atoms with Crippen molar-refractivity contribution in [3.63, 3.8) is 0 Å². The van der Waals surface area contributed by atoms with E-state index in [2.05, 4.69) is 4.98 Å². The summed E-state index contributed by atoms with van der Waals surface area (Å²) in [4.78, 5) is 4.12. The van der Waals surface area contributed by atoms with Crippen molar-refractivity contribution in [3.8, 4) is 5.75 Å². The predicted molar refractivity (Wildman–Crippen MR) is 71.6 cm³/mol. The Kier molecular flexibility index (Phi) is 5.00. The maximum atomic E-state index is 10.2. The minimum Gasteiger partial charge on any atom is -0.492 e. The molecule has 0 aliphatic heterocycles. The molecule has 1 saturated carbocycles. The van der Waals surface area contributed by atoms with Crippen LogP contribution in [-0.4, -0.2) is 16.7 Å². The molecule has 1 aliphatic carbocycles. The molecule has 0 amide bonds. The molecule has 1 atom stereocenters. The van der Waals surface area contributed by atoms with Gasteiger partial charge >= 0.3 is 0 Å². The molecule has 1 heterocycles. The first-order valence-electron chi connectivity index (χ1n) is 7.05. The van der Waals surface area contributed by atoms with Gasteiger partial charge in [0.1, 0.15) is 5.75 Å². The van der Waals surface area contributed by atoms with Crippen molar-refractivity contribution >= 4 is 0 Å². The molecular formula is C15H23NO2. The van der Waals surface area contributed by atoms with Crippen LogP contribution in [0.3, 0.4) is 0 Å². The Morgan fingerprint density at radius 1 is 1.39 bits per heavy atom. The Bertz CT molecular complexity index is 361. The monoisotopic (exact) mass is 249 g/mol. The van der Waals surface area contributed by atoms with E-state index in [1.54, 1.807) is 12.4 Å². The van der Waals surface area contributed by atoms with Crippen LogP contribution >= 0.6 is 0 Å². The second-order valence-electron chi connectivity index (χ2n) is 5.13. The first-order valence-corrected chi connectivity index (χ1v) is 7.05. The molecule has 100 valence electrons. The minimum absolute atomic E-state index is 0.404. The van der Waals surface area contributed by atoms with Crippen molar-refractivity contribution in [2.45, 2.75) is 51.6 Å². The van der Waals surface area contributed by atoms with Crippen molar-refractivity contribution in [3.05, 3.63) is 24.0 Å². The summed E-state index contributed by atoms with van der Waals surface area (Å²) in [5, 5.41) is 10.2. The summed E-state index contributed by atoms with van der Waals surface area (Å²) in [6.45, 7) is 2.58. The highest BCUT2D eigenvalue weighted by Gasteiger charge is 2.17. The zero-order valence-corrected chi connectivity index (χ0v) is 11.1. The lowest BCUT2D eigenvalue weighted by Gasteiger charge is -2.14. The van der Waals surface area contributed by atoms with E-state index in [0.29, 0.717) is 6.61 Å². The topological polar surface area (TPSA) is 42.4 Å². The van der Waals surface area contributed by atoms with Crippen LogP contribution in [0.15, 0.2) is 18.5 Å². The Morgan fingerprint density at radius 2 is 2.17 bits per heavy atom. The first kappa shape index (κ1) is 13.3. The number of pyridine rings is 1. The zero-order chi connectivity index (χ0) is 12.8. The molecule has 0 aromatic carbocycles. The molecule has 0 saturated heterocycles. The Labute approximate surface area is 109 Å². The number of nitrogens with zero attached hydrogens (tertiary/aromatic N) is 1. The van der Waals surface area contributed by atoms with Crippen molar-refractivity contribution in [1.29, 1.82) is 0 Å². The van der Waals surface area contributed by atoms with E-state index in [4.69, 9.17) is 4.74 Å². The van der Waals surface area contributed by atoms with E-state index in [-0.39, 0.29) is 0 Å². The van der Waals surface area contributed by atoms with Gasteiger partial charge in [0.15, 0.2) is 0 Å². The lowest BCUT2D eigenvalue weighted by Crippen LogP contribution is -2.03. The van der Waals surface area contributed by atoms with Gasteiger partial charge in [0.25, 0.3) is 0 Å². The van der Waals surface area contributed by atoms with Crippen LogP contribution in [0.1, 0.15) is 57.1 Å². The number of rotatable bonds is 6. The molecular weight excluding hydrogens is 226 g/mol. The van der Waals surface area contributed by atoms with E-state index in [0.717, 1.165) is 30.1 Å². The van der Waals surface area contributed by atoms with Gasteiger partial charge in [-0.25, -0.2) is 0 Å². The first-order chi connectivity index (χ1) is 8.79.